The van der Waals surface area contributed by atoms with Crippen LogP contribution >= 0.6 is 31.9 Å². The number of anilines is 1. The normalized spacial score (nSPS) is 23.6. The highest BCUT2D eigenvalue weighted by Crippen LogP contribution is 2.34. The molecule has 0 radical (unpaired) electrons. The molecular weight excluding hydrogens is 338 g/mol. The summed E-state index contributed by atoms with van der Waals surface area (Å²) in [5.41, 5.74) is 0.935. The molecule has 0 heterocycles. The maximum absolute atomic E-state index is 10.9. The van der Waals surface area contributed by atoms with Gasteiger partial charge in [0.25, 0.3) is 0 Å². The molecule has 86 valence electrons. The predicted molar refractivity (Wildman–Crippen MR) is 69.6 cm³/mol. The van der Waals surface area contributed by atoms with Gasteiger partial charge in [0.05, 0.1) is 5.92 Å². The van der Waals surface area contributed by atoms with Gasteiger partial charge >= 0.3 is 5.97 Å². The standard InChI is InChI=1S/C11H11Br2NO2/c12-6-1-3-8(13)10(5-6)14-9-4-2-7(9)11(15)16/h1,3,5,7,9,14H,2,4H2,(H,15,16). The van der Waals surface area contributed by atoms with Gasteiger partial charge in [0, 0.05) is 20.7 Å². The summed E-state index contributed by atoms with van der Waals surface area (Å²) in [4.78, 5) is 10.9. The summed E-state index contributed by atoms with van der Waals surface area (Å²) >= 11 is 6.83. The third-order valence-electron chi connectivity index (χ3n) is 2.86. The molecule has 0 amide bonds. The molecule has 0 aromatic heterocycles. The molecule has 1 aromatic rings. The summed E-state index contributed by atoms with van der Waals surface area (Å²) in [6, 6.07) is 5.86. The van der Waals surface area contributed by atoms with E-state index in [2.05, 4.69) is 37.2 Å². The first-order chi connectivity index (χ1) is 7.58. The highest BCUT2D eigenvalue weighted by molar-refractivity contribution is 9.11. The lowest BCUT2D eigenvalue weighted by Gasteiger charge is -2.35. The quantitative estimate of drug-likeness (QED) is 0.879. The minimum absolute atomic E-state index is 0.0445. The van der Waals surface area contributed by atoms with E-state index in [4.69, 9.17) is 5.11 Å². The maximum atomic E-state index is 10.9. The number of aliphatic carboxylic acids is 1. The number of nitrogens with one attached hydrogen (secondary N) is 1. The van der Waals surface area contributed by atoms with Crippen LogP contribution in [0.3, 0.4) is 0 Å². The van der Waals surface area contributed by atoms with Crippen molar-refractivity contribution in [3.05, 3.63) is 27.1 Å². The number of halogens is 2. The van der Waals surface area contributed by atoms with Crippen molar-refractivity contribution in [1.82, 2.24) is 0 Å². The Balaban J connectivity index is 2.09. The highest BCUT2D eigenvalue weighted by Gasteiger charge is 2.36. The zero-order valence-electron chi connectivity index (χ0n) is 8.41. The molecule has 0 aliphatic heterocycles. The molecule has 0 saturated heterocycles. The van der Waals surface area contributed by atoms with Crippen LogP contribution in [0.5, 0.6) is 0 Å². The third-order valence-corrected chi connectivity index (χ3v) is 4.05. The van der Waals surface area contributed by atoms with Crippen molar-refractivity contribution in [1.29, 1.82) is 0 Å². The Hall–Kier alpha value is -0.550. The van der Waals surface area contributed by atoms with Gasteiger partial charge in [-0.1, -0.05) is 15.9 Å². The molecule has 1 aliphatic rings. The number of hydrogen-bond acceptors (Lipinski definition) is 2. The van der Waals surface area contributed by atoms with E-state index in [1.54, 1.807) is 0 Å². The molecule has 2 N–H and O–H groups in total. The van der Waals surface area contributed by atoms with Crippen molar-refractivity contribution < 1.29 is 9.90 Å². The van der Waals surface area contributed by atoms with Crippen LogP contribution in [0.2, 0.25) is 0 Å². The number of carboxylic acids is 1. The van der Waals surface area contributed by atoms with E-state index in [1.807, 2.05) is 18.2 Å². The zero-order chi connectivity index (χ0) is 11.7. The molecule has 3 nitrogen and oxygen atoms in total. The summed E-state index contributed by atoms with van der Waals surface area (Å²) in [5.74, 6) is -0.972. The first kappa shape index (κ1) is 11.9. The minimum Gasteiger partial charge on any atom is -0.481 e. The number of benzene rings is 1. The number of carboxylic acid groups (broad SMARTS) is 1. The molecule has 2 rings (SSSR count). The number of rotatable bonds is 3. The Morgan fingerprint density at radius 3 is 2.69 bits per heavy atom. The van der Waals surface area contributed by atoms with Crippen LogP contribution < -0.4 is 5.32 Å². The van der Waals surface area contributed by atoms with E-state index in [0.717, 1.165) is 27.5 Å². The zero-order valence-corrected chi connectivity index (χ0v) is 11.6. The van der Waals surface area contributed by atoms with Gasteiger partial charge in [0.1, 0.15) is 0 Å². The van der Waals surface area contributed by atoms with Crippen molar-refractivity contribution in [2.45, 2.75) is 18.9 Å². The minimum atomic E-state index is -0.713. The molecule has 1 fully saturated rings. The average Bonchev–Trinajstić information content (AvgIpc) is 2.16. The van der Waals surface area contributed by atoms with Gasteiger partial charge in [0.15, 0.2) is 0 Å². The van der Waals surface area contributed by atoms with Crippen molar-refractivity contribution in [3.8, 4) is 0 Å². The Bertz CT molecular complexity index is 422. The summed E-state index contributed by atoms with van der Waals surface area (Å²) in [5, 5.41) is 12.2. The lowest BCUT2D eigenvalue weighted by molar-refractivity contribution is -0.144. The van der Waals surface area contributed by atoms with Gasteiger partial charge < -0.3 is 10.4 Å². The van der Waals surface area contributed by atoms with E-state index in [-0.39, 0.29) is 12.0 Å². The summed E-state index contributed by atoms with van der Waals surface area (Å²) in [6.45, 7) is 0. The lowest BCUT2D eigenvalue weighted by atomic mass is 9.79. The second kappa shape index (κ2) is 4.75. The van der Waals surface area contributed by atoms with Crippen LogP contribution in [0.25, 0.3) is 0 Å². The molecule has 2 atom stereocenters. The predicted octanol–water partition coefficient (Wildman–Crippen LogP) is 3.49. The van der Waals surface area contributed by atoms with Crippen molar-refractivity contribution >= 4 is 43.5 Å². The third kappa shape index (κ3) is 2.40. The Kier molecular flexibility index (Phi) is 3.54. The van der Waals surface area contributed by atoms with Gasteiger partial charge in [-0.05, 0) is 47.0 Å². The Morgan fingerprint density at radius 1 is 1.38 bits per heavy atom. The van der Waals surface area contributed by atoms with E-state index in [0.29, 0.717) is 0 Å². The van der Waals surface area contributed by atoms with Crippen molar-refractivity contribution in [2.24, 2.45) is 5.92 Å². The van der Waals surface area contributed by atoms with Gasteiger partial charge in [0.2, 0.25) is 0 Å². The highest BCUT2D eigenvalue weighted by atomic mass is 79.9. The van der Waals surface area contributed by atoms with Gasteiger partial charge in [-0.15, -0.1) is 0 Å². The molecule has 0 spiro atoms. The van der Waals surface area contributed by atoms with E-state index in [9.17, 15) is 4.79 Å². The van der Waals surface area contributed by atoms with Gasteiger partial charge in [-0.25, -0.2) is 0 Å². The molecule has 1 saturated carbocycles. The topological polar surface area (TPSA) is 49.3 Å². The smallest absolute Gasteiger partial charge is 0.308 e. The van der Waals surface area contributed by atoms with Crippen LogP contribution in [0.1, 0.15) is 12.8 Å². The largest absolute Gasteiger partial charge is 0.481 e. The van der Waals surface area contributed by atoms with Gasteiger partial charge in [-0.3, -0.25) is 4.79 Å². The first-order valence-electron chi connectivity index (χ1n) is 5.02. The van der Waals surface area contributed by atoms with E-state index in [1.165, 1.54) is 0 Å². The lowest BCUT2D eigenvalue weighted by Crippen LogP contribution is -2.43. The summed E-state index contributed by atoms with van der Waals surface area (Å²) in [7, 11) is 0. The van der Waals surface area contributed by atoms with E-state index < -0.39 is 5.97 Å². The van der Waals surface area contributed by atoms with Crippen molar-refractivity contribution in [2.75, 3.05) is 5.32 Å². The first-order valence-corrected chi connectivity index (χ1v) is 6.61. The fourth-order valence-electron chi connectivity index (χ4n) is 1.78. The van der Waals surface area contributed by atoms with E-state index >= 15 is 0 Å². The van der Waals surface area contributed by atoms with Gasteiger partial charge in [-0.2, -0.15) is 0 Å². The molecular formula is C11H11Br2NO2. The monoisotopic (exact) mass is 347 g/mol. The molecule has 1 aliphatic carbocycles. The number of carbonyl (C=O) groups is 1. The second-order valence-electron chi connectivity index (χ2n) is 3.90. The molecule has 0 bridgehead atoms. The molecule has 16 heavy (non-hydrogen) atoms. The SMILES string of the molecule is O=C(O)C1CCC1Nc1cc(Br)ccc1Br. The molecule has 2 unspecified atom stereocenters. The average molecular weight is 349 g/mol. The Morgan fingerprint density at radius 2 is 2.12 bits per heavy atom. The van der Waals surface area contributed by atoms with Crippen molar-refractivity contribution in [3.63, 3.8) is 0 Å². The summed E-state index contributed by atoms with van der Waals surface area (Å²) < 4.78 is 1.93. The van der Waals surface area contributed by atoms with Crippen LogP contribution in [-0.4, -0.2) is 17.1 Å². The van der Waals surface area contributed by atoms with Crippen LogP contribution in [0.15, 0.2) is 27.1 Å². The summed E-state index contributed by atoms with van der Waals surface area (Å²) in [6.07, 6.45) is 1.68. The molecule has 5 heteroatoms. The Labute approximate surface area is 110 Å². The van der Waals surface area contributed by atoms with Crippen LogP contribution in [-0.2, 0) is 4.79 Å². The number of hydrogen-bond donors (Lipinski definition) is 2. The fourth-order valence-corrected chi connectivity index (χ4v) is 2.50. The van der Waals surface area contributed by atoms with Crippen LogP contribution in [0.4, 0.5) is 5.69 Å². The second-order valence-corrected chi connectivity index (χ2v) is 5.67. The fraction of sp³-hybridized carbons (Fsp3) is 0.364. The maximum Gasteiger partial charge on any atom is 0.308 e. The van der Waals surface area contributed by atoms with Crippen LogP contribution in [0, 0.1) is 5.92 Å². The molecule has 1 aromatic carbocycles.